The first kappa shape index (κ1) is 42.0. The van der Waals surface area contributed by atoms with Crippen molar-refractivity contribution in [1.82, 2.24) is 9.97 Å². The molecule has 2 N–H and O–H groups in total. The number of carbonyl (C=O) groups is 4. The normalized spacial score (nSPS) is 10.8. The molecule has 2 aromatic heterocycles. The van der Waals surface area contributed by atoms with E-state index in [-0.39, 0.29) is 38.0 Å². The van der Waals surface area contributed by atoms with Gasteiger partial charge < -0.3 is 28.9 Å². The second-order valence-corrected chi connectivity index (χ2v) is 14.3. The summed E-state index contributed by atoms with van der Waals surface area (Å²) in [6, 6.07) is 28.2. The Morgan fingerprint density at radius 2 is 1.00 bits per heavy atom. The number of aryl methyl sites for hydroxylation is 2. The van der Waals surface area contributed by atoms with Gasteiger partial charge in [-0.25, -0.2) is 9.59 Å². The first-order valence-electron chi connectivity index (χ1n) is 18.5. The molecule has 4 aromatic carbocycles. The van der Waals surface area contributed by atoms with Gasteiger partial charge in [0, 0.05) is 43.6 Å². The van der Waals surface area contributed by atoms with E-state index in [0.29, 0.717) is 37.4 Å². The molecule has 0 unspecified atom stereocenters. The van der Waals surface area contributed by atoms with Crippen molar-refractivity contribution in [2.75, 3.05) is 26.4 Å². The zero-order chi connectivity index (χ0) is 40.2. The molecule has 292 valence electrons. The van der Waals surface area contributed by atoms with Gasteiger partial charge in [-0.2, -0.15) is 0 Å². The molecule has 0 radical (unpaired) electrons. The highest BCUT2D eigenvalue weighted by molar-refractivity contribution is 9.11. The summed E-state index contributed by atoms with van der Waals surface area (Å²) in [7, 11) is 0. The molecule has 0 amide bonds. The van der Waals surface area contributed by atoms with Crippen LogP contribution in [0.3, 0.4) is 0 Å². The molecule has 0 saturated heterocycles. The topological polar surface area (TPSA) is 137 Å². The second kappa shape index (κ2) is 20.1. The van der Waals surface area contributed by atoms with Crippen LogP contribution in [0.15, 0.2) is 93.9 Å². The van der Waals surface area contributed by atoms with E-state index in [1.54, 1.807) is 27.7 Å². The van der Waals surface area contributed by atoms with Crippen LogP contribution in [-0.4, -0.2) is 60.3 Å². The van der Waals surface area contributed by atoms with Gasteiger partial charge in [-0.1, -0.05) is 92.5 Å². The summed E-state index contributed by atoms with van der Waals surface area (Å²) in [4.78, 5) is 55.2. The van der Waals surface area contributed by atoms with Gasteiger partial charge in [0.1, 0.15) is 11.4 Å². The minimum absolute atomic E-state index is 0.182. The van der Waals surface area contributed by atoms with Crippen LogP contribution >= 0.6 is 31.9 Å². The molecule has 6 aromatic rings. The largest absolute Gasteiger partial charge is 0.466 e. The fraction of sp³-hybridized carbons (Fsp3) is 0.273. The third-order valence-corrected chi connectivity index (χ3v) is 9.92. The number of esters is 4. The van der Waals surface area contributed by atoms with Crippen molar-refractivity contribution in [1.29, 1.82) is 0 Å². The predicted octanol–water partition coefficient (Wildman–Crippen LogP) is 10.5. The Balaban J connectivity index is 0.000000229. The fourth-order valence-electron chi connectivity index (χ4n) is 6.53. The molecule has 56 heavy (non-hydrogen) atoms. The lowest BCUT2D eigenvalue weighted by atomic mass is 9.92. The summed E-state index contributed by atoms with van der Waals surface area (Å²) in [5.74, 6) is -1.42. The molecule has 12 heteroatoms. The van der Waals surface area contributed by atoms with Crippen molar-refractivity contribution >= 4 is 77.5 Å². The van der Waals surface area contributed by atoms with Crippen LogP contribution in [0.5, 0.6) is 0 Å². The third-order valence-electron chi connectivity index (χ3n) is 8.84. The number of benzene rings is 4. The van der Waals surface area contributed by atoms with Crippen molar-refractivity contribution in [3.63, 3.8) is 0 Å². The number of aromatic nitrogens is 2. The minimum Gasteiger partial charge on any atom is -0.466 e. The highest BCUT2D eigenvalue weighted by atomic mass is 79.9. The summed E-state index contributed by atoms with van der Waals surface area (Å²) < 4.78 is 22.2. The van der Waals surface area contributed by atoms with Gasteiger partial charge in [-0.15, -0.1) is 0 Å². The Bertz CT molecular complexity index is 2320. The monoisotopic (exact) mass is 886 g/mol. The number of hydrogen-bond donors (Lipinski definition) is 2. The van der Waals surface area contributed by atoms with Crippen LogP contribution in [0.4, 0.5) is 0 Å². The van der Waals surface area contributed by atoms with E-state index in [9.17, 15) is 19.2 Å². The molecule has 0 fully saturated rings. The van der Waals surface area contributed by atoms with Gasteiger partial charge in [0.15, 0.2) is 0 Å². The Morgan fingerprint density at radius 1 is 0.536 bits per heavy atom. The highest BCUT2D eigenvalue weighted by Gasteiger charge is 2.24. The van der Waals surface area contributed by atoms with Crippen LogP contribution in [0.2, 0.25) is 0 Å². The number of ether oxygens (including phenoxy) is 4. The molecular formula is C44H44Br2N2O8. The molecule has 0 atom stereocenters. The van der Waals surface area contributed by atoms with E-state index >= 15 is 0 Å². The molecule has 0 aliphatic carbocycles. The number of H-pyrrole nitrogens is 2. The minimum atomic E-state index is -0.425. The van der Waals surface area contributed by atoms with Gasteiger partial charge in [-0.05, 0) is 98.2 Å². The Labute approximate surface area is 342 Å². The van der Waals surface area contributed by atoms with Crippen molar-refractivity contribution in [3.05, 3.63) is 116 Å². The van der Waals surface area contributed by atoms with E-state index in [2.05, 4.69) is 72.2 Å². The van der Waals surface area contributed by atoms with Crippen molar-refractivity contribution in [2.45, 2.75) is 53.4 Å². The van der Waals surface area contributed by atoms with Crippen LogP contribution in [-0.2, 0) is 41.4 Å². The number of nitrogens with one attached hydrogen (secondary N) is 2. The van der Waals surface area contributed by atoms with E-state index in [4.69, 9.17) is 18.9 Å². The van der Waals surface area contributed by atoms with E-state index in [1.807, 2.05) is 54.6 Å². The van der Waals surface area contributed by atoms with Gasteiger partial charge in [-0.3, -0.25) is 9.59 Å². The molecule has 0 saturated carbocycles. The lowest BCUT2D eigenvalue weighted by molar-refractivity contribution is -0.144. The maximum Gasteiger partial charge on any atom is 0.355 e. The number of carbonyl (C=O) groups excluding carboxylic acids is 4. The fourth-order valence-corrected chi connectivity index (χ4v) is 8.00. The zero-order valence-electron chi connectivity index (χ0n) is 31.8. The Morgan fingerprint density at radius 3 is 1.50 bits per heavy atom. The Kier molecular flexibility index (Phi) is 15.1. The van der Waals surface area contributed by atoms with Crippen molar-refractivity contribution < 1.29 is 38.1 Å². The third kappa shape index (κ3) is 10.2. The van der Waals surface area contributed by atoms with Crippen LogP contribution in [0.25, 0.3) is 44.1 Å². The lowest BCUT2D eigenvalue weighted by Gasteiger charge is -2.11. The van der Waals surface area contributed by atoms with Crippen LogP contribution < -0.4 is 0 Å². The number of fused-ring (bicyclic) bond motifs is 2. The molecule has 0 spiro atoms. The second-order valence-electron chi connectivity index (χ2n) is 12.5. The summed E-state index contributed by atoms with van der Waals surface area (Å²) in [6.07, 6.45) is 1.16. The van der Waals surface area contributed by atoms with Gasteiger partial charge in [0.2, 0.25) is 0 Å². The number of aromatic amines is 2. The Hall–Kier alpha value is -5.20. The molecule has 10 nitrogen and oxygen atoms in total. The summed E-state index contributed by atoms with van der Waals surface area (Å²) >= 11 is 6.95. The molecule has 0 bridgehead atoms. The SMILES string of the molecule is CCOC(=O)CCc1c(C(=O)OCC)[nH]c2cc(-c3ccccc3)cc(-c3ccccc3)c12.CCOC(=O)CCc1c(C(=O)OCC)[nH]c2cc(Br)cc(Br)c12. The first-order valence-corrected chi connectivity index (χ1v) is 20.1. The molecule has 2 heterocycles. The first-order chi connectivity index (χ1) is 27.1. The molecule has 0 aliphatic heterocycles. The number of hydrogen-bond acceptors (Lipinski definition) is 8. The van der Waals surface area contributed by atoms with Gasteiger partial charge in [0.25, 0.3) is 0 Å². The van der Waals surface area contributed by atoms with Crippen molar-refractivity contribution in [3.8, 4) is 22.3 Å². The molecular weight excluding hydrogens is 844 g/mol. The number of halogens is 2. The predicted molar refractivity (Wildman–Crippen MR) is 225 cm³/mol. The van der Waals surface area contributed by atoms with Crippen LogP contribution in [0, 0.1) is 0 Å². The van der Waals surface area contributed by atoms with Crippen molar-refractivity contribution in [2.24, 2.45) is 0 Å². The highest BCUT2D eigenvalue weighted by Crippen LogP contribution is 2.38. The van der Waals surface area contributed by atoms with E-state index in [0.717, 1.165) is 64.1 Å². The quantitative estimate of drug-likeness (QED) is 0.0815. The average Bonchev–Trinajstić information content (AvgIpc) is 3.76. The average molecular weight is 889 g/mol. The van der Waals surface area contributed by atoms with E-state index in [1.165, 1.54) is 0 Å². The number of rotatable bonds is 14. The lowest BCUT2D eigenvalue weighted by Crippen LogP contribution is -2.10. The van der Waals surface area contributed by atoms with Crippen LogP contribution in [0.1, 0.15) is 72.6 Å². The zero-order valence-corrected chi connectivity index (χ0v) is 34.9. The summed E-state index contributed by atoms with van der Waals surface area (Å²) in [5.41, 5.74) is 8.08. The maximum atomic E-state index is 12.8. The smallest absolute Gasteiger partial charge is 0.355 e. The summed E-state index contributed by atoms with van der Waals surface area (Å²) in [5, 5.41) is 1.80. The van der Waals surface area contributed by atoms with Gasteiger partial charge >= 0.3 is 23.9 Å². The van der Waals surface area contributed by atoms with E-state index < -0.39 is 11.9 Å². The standard InChI is InChI=1S/C28H27NO4.C16H17Br2NO4/c1-3-32-25(30)16-15-22-26-23(20-13-9-6-10-14-20)17-21(19-11-7-5-8-12-19)18-24(26)29-27(22)28(31)33-4-2;1-3-22-13(20)6-5-10-14-11(18)7-9(17)8-12(14)19-15(10)16(21)23-4-2/h5-14,17-18,29H,3-4,15-16H2,1-2H3;7-8,19H,3-6H2,1-2H3. The summed E-state index contributed by atoms with van der Waals surface area (Å²) in [6.45, 7) is 8.31. The molecule has 6 rings (SSSR count). The molecule has 0 aliphatic rings. The maximum absolute atomic E-state index is 12.8. The van der Waals surface area contributed by atoms with Gasteiger partial charge in [0.05, 0.1) is 26.4 Å².